The molecular formula is C19H23N5O4. The highest BCUT2D eigenvalue weighted by atomic mass is 16.6. The van der Waals surface area contributed by atoms with Crippen molar-refractivity contribution in [3.8, 4) is 0 Å². The smallest absolute Gasteiger partial charge is 0.167 e. The molecule has 1 aromatic carbocycles. The normalized spacial score (nSPS) is 25.9. The molecule has 1 aliphatic rings. The average molecular weight is 385 g/mol. The first-order valence-electron chi connectivity index (χ1n) is 9.19. The van der Waals surface area contributed by atoms with Crippen LogP contribution in [0.25, 0.3) is 11.2 Å². The summed E-state index contributed by atoms with van der Waals surface area (Å²) < 4.78 is 7.13. The third-order valence-electron chi connectivity index (χ3n) is 4.92. The molecule has 3 heterocycles. The van der Waals surface area contributed by atoms with Gasteiger partial charge in [0, 0.05) is 6.04 Å². The molecule has 5 atom stereocenters. The Morgan fingerprint density at radius 2 is 1.93 bits per heavy atom. The molecular weight excluding hydrogens is 362 g/mol. The van der Waals surface area contributed by atoms with E-state index in [4.69, 9.17) is 4.74 Å². The minimum Gasteiger partial charge on any atom is -0.394 e. The van der Waals surface area contributed by atoms with Gasteiger partial charge in [0.15, 0.2) is 23.2 Å². The quantitative estimate of drug-likeness (QED) is 0.483. The standard InChI is InChI=1S/C19H23N5O4/c1-11(7-12-5-3-2-4-6-12)23-17-14-18(21-9-20-17)24(10-22-14)19-16(27)15(26)13(8-25)28-19/h2-6,9-11,13,15-16,19,25-27H,7-8H2,1H3,(H,20,21,23)/t11-,13+,15?,16?,19+/m0/s1. The number of aromatic nitrogens is 4. The lowest BCUT2D eigenvalue weighted by Crippen LogP contribution is -2.33. The number of nitrogens with zero attached hydrogens (tertiary/aromatic N) is 4. The molecule has 0 radical (unpaired) electrons. The Morgan fingerprint density at radius 3 is 2.64 bits per heavy atom. The van der Waals surface area contributed by atoms with Gasteiger partial charge in [-0.1, -0.05) is 30.3 Å². The van der Waals surface area contributed by atoms with Gasteiger partial charge >= 0.3 is 0 Å². The summed E-state index contributed by atoms with van der Waals surface area (Å²) in [7, 11) is 0. The number of hydrogen-bond donors (Lipinski definition) is 4. The Balaban J connectivity index is 1.57. The largest absolute Gasteiger partial charge is 0.394 e. The Morgan fingerprint density at radius 1 is 1.14 bits per heavy atom. The maximum absolute atomic E-state index is 10.3. The van der Waals surface area contributed by atoms with Gasteiger partial charge in [0.25, 0.3) is 0 Å². The molecule has 0 saturated carbocycles. The van der Waals surface area contributed by atoms with Crippen molar-refractivity contribution in [2.45, 2.75) is 43.9 Å². The van der Waals surface area contributed by atoms with Crippen molar-refractivity contribution < 1.29 is 20.1 Å². The fourth-order valence-electron chi connectivity index (χ4n) is 3.51. The van der Waals surface area contributed by atoms with Crippen molar-refractivity contribution in [3.63, 3.8) is 0 Å². The fourth-order valence-corrected chi connectivity index (χ4v) is 3.51. The van der Waals surface area contributed by atoms with Crippen LogP contribution in [0.5, 0.6) is 0 Å². The van der Waals surface area contributed by atoms with E-state index in [1.807, 2.05) is 18.2 Å². The summed E-state index contributed by atoms with van der Waals surface area (Å²) in [6, 6.07) is 10.3. The van der Waals surface area contributed by atoms with Crippen molar-refractivity contribution in [1.82, 2.24) is 19.5 Å². The highest BCUT2D eigenvalue weighted by Gasteiger charge is 2.44. The maximum Gasteiger partial charge on any atom is 0.167 e. The molecule has 1 aliphatic heterocycles. The number of imidazole rings is 1. The molecule has 0 amide bonds. The number of ether oxygens (including phenoxy) is 1. The van der Waals surface area contributed by atoms with Gasteiger partial charge in [0.2, 0.25) is 0 Å². The summed E-state index contributed by atoms with van der Waals surface area (Å²) >= 11 is 0. The lowest BCUT2D eigenvalue weighted by molar-refractivity contribution is -0.0511. The van der Waals surface area contributed by atoms with Crippen LogP contribution in [0.15, 0.2) is 43.0 Å². The summed E-state index contributed by atoms with van der Waals surface area (Å²) in [5.41, 5.74) is 2.23. The molecule has 9 heteroatoms. The van der Waals surface area contributed by atoms with Crippen LogP contribution in [-0.4, -0.2) is 65.8 Å². The van der Waals surface area contributed by atoms with E-state index in [9.17, 15) is 15.3 Å². The monoisotopic (exact) mass is 385 g/mol. The first kappa shape index (κ1) is 18.8. The third-order valence-corrected chi connectivity index (χ3v) is 4.92. The van der Waals surface area contributed by atoms with Crippen molar-refractivity contribution in [2.24, 2.45) is 0 Å². The van der Waals surface area contributed by atoms with Gasteiger partial charge in [-0.15, -0.1) is 0 Å². The second-order valence-electron chi connectivity index (χ2n) is 7.01. The van der Waals surface area contributed by atoms with Gasteiger partial charge in [0.1, 0.15) is 24.6 Å². The zero-order valence-corrected chi connectivity index (χ0v) is 15.4. The Labute approximate surface area is 161 Å². The van der Waals surface area contributed by atoms with E-state index in [2.05, 4.69) is 39.3 Å². The lowest BCUT2D eigenvalue weighted by atomic mass is 10.1. The van der Waals surface area contributed by atoms with Gasteiger partial charge in [0.05, 0.1) is 12.9 Å². The van der Waals surface area contributed by atoms with E-state index in [1.54, 1.807) is 4.57 Å². The third kappa shape index (κ3) is 3.45. The number of aliphatic hydroxyl groups is 3. The van der Waals surface area contributed by atoms with Gasteiger partial charge in [-0.05, 0) is 18.9 Å². The summed E-state index contributed by atoms with van der Waals surface area (Å²) in [6.45, 7) is 1.67. The molecule has 0 spiro atoms. The van der Waals surface area contributed by atoms with E-state index >= 15 is 0 Å². The Bertz CT molecular complexity index is 934. The maximum atomic E-state index is 10.3. The molecule has 2 unspecified atom stereocenters. The van der Waals surface area contributed by atoms with Crippen LogP contribution in [0.2, 0.25) is 0 Å². The number of hydrogen-bond acceptors (Lipinski definition) is 8. The number of anilines is 1. The average Bonchev–Trinajstić information content (AvgIpc) is 3.25. The van der Waals surface area contributed by atoms with Crippen molar-refractivity contribution in [3.05, 3.63) is 48.5 Å². The van der Waals surface area contributed by atoms with Crippen LogP contribution >= 0.6 is 0 Å². The van der Waals surface area contributed by atoms with Gasteiger partial charge in [-0.3, -0.25) is 4.57 Å². The van der Waals surface area contributed by atoms with Crippen LogP contribution in [-0.2, 0) is 11.2 Å². The van der Waals surface area contributed by atoms with Crippen molar-refractivity contribution >= 4 is 17.0 Å². The minimum atomic E-state index is -1.20. The fraction of sp³-hybridized carbons (Fsp3) is 0.421. The Hall–Kier alpha value is -2.59. The predicted octanol–water partition coefficient (Wildman–Crippen LogP) is 0.481. The second kappa shape index (κ2) is 7.80. The minimum absolute atomic E-state index is 0.111. The summed E-state index contributed by atoms with van der Waals surface area (Å²) in [5.74, 6) is 0.582. The molecule has 0 bridgehead atoms. The lowest BCUT2D eigenvalue weighted by Gasteiger charge is -2.17. The van der Waals surface area contributed by atoms with Crippen LogP contribution in [0.3, 0.4) is 0 Å². The number of aliphatic hydroxyl groups excluding tert-OH is 3. The molecule has 4 rings (SSSR count). The van der Waals surface area contributed by atoms with Crippen LogP contribution in [0.4, 0.5) is 5.82 Å². The molecule has 0 aliphatic carbocycles. The number of benzene rings is 1. The zero-order chi connectivity index (χ0) is 19.7. The highest BCUT2D eigenvalue weighted by Crippen LogP contribution is 2.32. The van der Waals surface area contributed by atoms with Crippen molar-refractivity contribution in [1.29, 1.82) is 0 Å². The Kier molecular flexibility index (Phi) is 5.23. The second-order valence-corrected chi connectivity index (χ2v) is 7.01. The topological polar surface area (TPSA) is 126 Å². The number of rotatable bonds is 6. The molecule has 1 saturated heterocycles. The van der Waals surface area contributed by atoms with E-state index < -0.39 is 24.5 Å². The van der Waals surface area contributed by atoms with Crippen LogP contribution in [0.1, 0.15) is 18.7 Å². The van der Waals surface area contributed by atoms with Gasteiger partial charge in [-0.2, -0.15) is 0 Å². The first-order valence-corrected chi connectivity index (χ1v) is 9.19. The zero-order valence-electron chi connectivity index (χ0n) is 15.4. The number of nitrogens with one attached hydrogen (secondary N) is 1. The highest BCUT2D eigenvalue weighted by molar-refractivity contribution is 5.82. The predicted molar refractivity (Wildman–Crippen MR) is 102 cm³/mol. The molecule has 2 aromatic heterocycles. The molecule has 9 nitrogen and oxygen atoms in total. The molecule has 3 aromatic rings. The summed E-state index contributed by atoms with van der Waals surface area (Å²) in [4.78, 5) is 12.9. The van der Waals surface area contributed by atoms with Gasteiger partial charge < -0.3 is 25.4 Å². The molecule has 28 heavy (non-hydrogen) atoms. The van der Waals surface area contributed by atoms with E-state index in [1.165, 1.54) is 18.2 Å². The van der Waals surface area contributed by atoms with Crippen LogP contribution in [0, 0.1) is 0 Å². The van der Waals surface area contributed by atoms with Gasteiger partial charge in [-0.25, -0.2) is 15.0 Å². The van der Waals surface area contributed by atoms with Crippen LogP contribution < -0.4 is 5.32 Å². The summed E-state index contributed by atoms with van der Waals surface area (Å²) in [5, 5.41) is 32.9. The molecule has 148 valence electrons. The van der Waals surface area contributed by atoms with E-state index in [-0.39, 0.29) is 12.6 Å². The SMILES string of the molecule is C[C@@H](Cc1ccccc1)Nc1ncnc2c1ncn2[C@@H]1O[C@H](CO)C(O)C1O. The van der Waals surface area contributed by atoms with E-state index in [0.29, 0.717) is 17.0 Å². The molecule has 1 fully saturated rings. The number of fused-ring (bicyclic) bond motifs is 1. The summed E-state index contributed by atoms with van der Waals surface area (Å²) in [6.07, 6.45) is -0.395. The first-order chi connectivity index (χ1) is 13.6. The van der Waals surface area contributed by atoms with Crippen molar-refractivity contribution in [2.75, 3.05) is 11.9 Å². The van der Waals surface area contributed by atoms with E-state index in [0.717, 1.165) is 6.42 Å². The molecule has 4 N–H and O–H groups in total.